The number of imidazole rings is 1. The molecular weight excluding hydrogens is 216 g/mol. The van der Waals surface area contributed by atoms with Gasteiger partial charge in [0.1, 0.15) is 0 Å². The molecule has 0 aliphatic carbocycles. The van der Waals surface area contributed by atoms with E-state index in [-0.39, 0.29) is 0 Å². The molecule has 1 aromatic rings. The maximum atomic E-state index is 5.61. The molecule has 0 N–H and O–H groups in total. The van der Waals surface area contributed by atoms with Gasteiger partial charge in [0.15, 0.2) is 4.77 Å². The van der Waals surface area contributed by atoms with Gasteiger partial charge in [-0.25, -0.2) is 0 Å². The van der Waals surface area contributed by atoms with Crippen molar-refractivity contribution in [1.82, 2.24) is 9.13 Å². The molecular formula is C13H24N2S. The van der Waals surface area contributed by atoms with Crippen molar-refractivity contribution in [1.29, 1.82) is 0 Å². The lowest BCUT2D eigenvalue weighted by Crippen LogP contribution is -2.06. The van der Waals surface area contributed by atoms with Crippen molar-refractivity contribution in [2.24, 2.45) is 0 Å². The Bertz CT molecular complexity index is 374. The van der Waals surface area contributed by atoms with Gasteiger partial charge in [0.05, 0.1) is 0 Å². The number of rotatable bonds is 4. The third kappa shape index (κ3) is 2.10. The number of nitrogens with zero attached hydrogens (tertiary/aromatic N) is 2. The fraction of sp³-hybridized carbons (Fsp3) is 0.769. The summed E-state index contributed by atoms with van der Waals surface area (Å²) in [5.74, 6) is 0. The van der Waals surface area contributed by atoms with Crippen molar-refractivity contribution in [3.05, 3.63) is 16.2 Å². The standard InChI is InChI=1S/C13H24N2S/c1-7-11-12(8-2)15(10(5)6)13(16)14(11)9(3)4/h9-10H,7-8H2,1-6H3. The first kappa shape index (κ1) is 13.5. The van der Waals surface area contributed by atoms with Crippen LogP contribution in [0.3, 0.4) is 0 Å². The molecule has 0 aromatic carbocycles. The summed E-state index contributed by atoms with van der Waals surface area (Å²) in [7, 11) is 0. The second kappa shape index (κ2) is 5.17. The van der Waals surface area contributed by atoms with Crippen LogP contribution in [-0.4, -0.2) is 9.13 Å². The first-order chi connectivity index (χ1) is 7.45. The second-order valence-corrected chi connectivity index (χ2v) is 5.18. The van der Waals surface area contributed by atoms with Crippen LogP contribution in [0.4, 0.5) is 0 Å². The zero-order valence-electron chi connectivity index (χ0n) is 11.4. The Kier molecular flexibility index (Phi) is 4.36. The van der Waals surface area contributed by atoms with E-state index >= 15 is 0 Å². The normalized spacial score (nSPS) is 11.8. The van der Waals surface area contributed by atoms with Crippen LogP contribution < -0.4 is 0 Å². The van der Waals surface area contributed by atoms with Crippen molar-refractivity contribution >= 4 is 12.2 Å². The summed E-state index contributed by atoms with van der Waals surface area (Å²) in [5.41, 5.74) is 2.83. The average Bonchev–Trinajstić information content (AvgIpc) is 2.49. The Hall–Kier alpha value is -0.570. The van der Waals surface area contributed by atoms with E-state index in [2.05, 4.69) is 50.7 Å². The van der Waals surface area contributed by atoms with Crippen molar-refractivity contribution in [3.63, 3.8) is 0 Å². The topological polar surface area (TPSA) is 9.86 Å². The van der Waals surface area contributed by atoms with Gasteiger partial charge in [0.2, 0.25) is 0 Å². The molecule has 0 radical (unpaired) electrons. The van der Waals surface area contributed by atoms with Gasteiger partial charge >= 0.3 is 0 Å². The molecule has 92 valence electrons. The minimum Gasteiger partial charge on any atom is -0.318 e. The van der Waals surface area contributed by atoms with Gasteiger partial charge in [-0.2, -0.15) is 0 Å². The van der Waals surface area contributed by atoms with Gasteiger partial charge in [0.25, 0.3) is 0 Å². The van der Waals surface area contributed by atoms with E-state index in [4.69, 9.17) is 12.2 Å². The van der Waals surface area contributed by atoms with Gasteiger partial charge in [-0.15, -0.1) is 0 Å². The van der Waals surface area contributed by atoms with Gasteiger partial charge in [0, 0.05) is 23.5 Å². The first-order valence-electron chi connectivity index (χ1n) is 6.30. The molecule has 1 rings (SSSR count). The summed E-state index contributed by atoms with van der Waals surface area (Å²) in [4.78, 5) is 0. The highest BCUT2D eigenvalue weighted by molar-refractivity contribution is 7.71. The van der Waals surface area contributed by atoms with E-state index in [1.54, 1.807) is 0 Å². The molecule has 2 nitrogen and oxygen atoms in total. The van der Waals surface area contributed by atoms with Crippen LogP contribution in [-0.2, 0) is 12.8 Å². The third-order valence-electron chi connectivity index (χ3n) is 3.03. The minimum atomic E-state index is 0.452. The van der Waals surface area contributed by atoms with Crippen molar-refractivity contribution in [2.75, 3.05) is 0 Å². The molecule has 1 heterocycles. The lowest BCUT2D eigenvalue weighted by Gasteiger charge is -2.11. The Morgan fingerprint density at radius 1 is 0.875 bits per heavy atom. The smallest absolute Gasteiger partial charge is 0.180 e. The Balaban J connectivity index is 3.58. The third-order valence-corrected chi connectivity index (χ3v) is 3.42. The Labute approximate surface area is 104 Å². The molecule has 0 amide bonds. The predicted molar refractivity (Wildman–Crippen MR) is 72.8 cm³/mol. The number of aromatic nitrogens is 2. The van der Waals surface area contributed by atoms with Gasteiger partial charge in [-0.1, -0.05) is 13.8 Å². The first-order valence-corrected chi connectivity index (χ1v) is 6.70. The maximum absolute atomic E-state index is 5.61. The van der Waals surface area contributed by atoms with Crippen molar-refractivity contribution in [3.8, 4) is 0 Å². The fourth-order valence-electron chi connectivity index (χ4n) is 2.44. The van der Waals surface area contributed by atoms with E-state index in [1.807, 2.05) is 0 Å². The predicted octanol–water partition coefficient (Wildman–Crippen LogP) is 4.31. The summed E-state index contributed by atoms with van der Waals surface area (Å²) >= 11 is 5.61. The molecule has 0 fully saturated rings. The summed E-state index contributed by atoms with van der Waals surface area (Å²) < 4.78 is 5.61. The van der Waals surface area contributed by atoms with E-state index in [1.165, 1.54) is 11.4 Å². The Morgan fingerprint density at radius 3 is 1.38 bits per heavy atom. The summed E-state index contributed by atoms with van der Waals surface area (Å²) in [6.45, 7) is 13.3. The number of hydrogen-bond donors (Lipinski definition) is 0. The molecule has 0 unspecified atom stereocenters. The second-order valence-electron chi connectivity index (χ2n) is 4.81. The quantitative estimate of drug-likeness (QED) is 0.713. The zero-order valence-corrected chi connectivity index (χ0v) is 12.2. The van der Waals surface area contributed by atoms with E-state index in [0.717, 1.165) is 17.6 Å². The maximum Gasteiger partial charge on any atom is 0.180 e. The van der Waals surface area contributed by atoms with Crippen LogP contribution in [0.1, 0.15) is 65.0 Å². The molecule has 0 atom stereocenters. The van der Waals surface area contributed by atoms with E-state index < -0.39 is 0 Å². The van der Waals surface area contributed by atoms with Crippen LogP contribution in [0.2, 0.25) is 0 Å². The van der Waals surface area contributed by atoms with Crippen LogP contribution in [0.25, 0.3) is 0 Å². The highest BCUT2D eigenvalue weighted by atomic mass is 32.1. The van der Waals surface area contributed by atoms with Crippen LogP contribution in [0, 0.1) is 4.77 Å². The van der Waals surface area contributed by atoms with Crippen molar-refractivity contribution < 1.29 is 0 Å². The molecule has 0 spiro atoms. The highest BCUT2D eigenvalue weighted by Gasteiger charge is 2.18. The molecule has 0 saturated heterocycles. The zero-order chi connectivity index (χ0) is 12.5. The fourth-order valence-corrected chi connectivity index (χ4v) is 3.08. The monoisotopic (exact) mass is 240 g/mol. The summed E-state index contributed by atoms with van der Waals surface area (Å²) in [6.07, 6.45) is 2.12. The largest absolute Gasteiger partial charge is 0.318 e. The van der Waals surface area contributed by atoms with Crippen LogP contribution >= 0.6 is 12.2 Å². The SMILES string of the molecule is CCc1c(CC)n(C(C)C)c(=S)n1C(C)C. The van der Waals surface area contributed by atoms with E-state index in [0.29, 0.717) is 12.1 Å². The Morgan fingerprint density at radius 2 is 1.19 bits per heavy atom. The molecule has 0 bridgehead atoms. The lowest BCUT2D eigenvalue weighted by molar-refractivity contribution is 0.527. The van der Waals surface area contributed by atoms with Crippen molar-refractivity contribution in [2.45, 2.75) is 66.5 Å². The number of hydrogen-bond acceptors (Lipinski definition) is 1. The molecule has 0 aliphatic rings. The molecule has 0 saturated carbocycles. The van der Waals surface area contributed by atoms with Crippen LogP contribution in [0.15, 0.2) is 0 Å². The minimum absolute atomic E-state index is 0.452. The molecule has 16 heavy (non-hydrogen) atoms. The van der Waals surface area contributed by atoms with Gasteiger partial charge in [-0.05, 0) is 52.8 Å². The average molecular weight is 240 g/mol. The van der Waals surface area contributed by atoms with Gasteiger partial charge < -0.3 is 9.13 Å². The van der Waals surface area contributed by atoms with Gasteiger partial charge in [-0.3, -0.25) is 0 Å². The molecule has 0 aliphatic heterocycles. The van der Waals surface area contributed by atoms with E-state index in [9.17, 15) is 0 Å². The summed E-state index contributed by atoms with van der Waals surface area (Å²) in [6, 6.07) is 0.903. The molecule has 1 aromatic heterocycles. The van der Waals surface area contributed by atoms with Crippen LogP contribution in [0.5, 0.6) is 0 Å². The highest BCUT2D eigenvalue weighted by Crippen LogP contribution is 2.23. The lowest BCUT2D eigenvalue weighted by atomic mass is 10.2. The summed E-state index contributed by atoms with van der Waals surface area (Å²) in [5, 5.41) is 0. The molecule has 3 heteroatoms.